The molecule has 2 saturated carbocycles. The molecule has 2 aliphatic carbocycles. The predicted octanol–water partition coefficient (Wildman–Crippen LogP) is 5.26. The summed E-state index contributed by atoms with van der Waals surface area (Å²) in [6.07, 6.45) is 2.38. The van der Waals surface area contributed by atoms with Crippen LogP contribution < -0.4 is 16.0 Å². The third-order valence-corrected chi connectivity index (χ3v) is 19.3. The number of nitrogens with one attached hydrogen (secondary N) is 3. The molecule has 4 aliphatic rings. The van der Waals surface area contributed by atoms with Crippen molar-refractivity contribution in [2.45, 2.75) is 212 Å². The van der Waals surface area contributed by atoms with Crippen LogP contribution in [0.5, 0.6) is 0 Å². The first-order valence-corrected chi connectivity index (χ1v) is 32.5. The first kappa shape index (κ1) is 74.2. The molecule has 0 unspecified atom stereocenters. The first-order chi connectivity index (χ1) is 42.2. The van der Waals surface area contributed by atoms with E-state index in [2.05, 4.69) is 16.0 Å². The third kappa shape index (κ3) is 18.6. The van der Waals surface area contributed by atoms with Crippen molar-refractivity contribution < 1.29 is 65.9 Å². The van der Waals surface area contributed by atoms with Gasteiger partial charge in [0.05, 0.1) is 30.2 Å². The first-order valence-electron chi connectivity index (χ1n) is 32.1. The number of rotatable bonds is 10. The second kappa shape index (κ2) is 32.7. The van der Waals surface area contributed by atoms with Crippen molar-refractivity contribution in [3.63, 3.8) is 0 Å². The molecule has 2 aliphatic heterocycles. The van der Waals surface area contributed by atoms with Gasteiger partial charge in [-0.2, -0.15) is 13.2 Å². The van der Waals surface area contributed by atoms with E-state index < -0.39 is 161 Å². The van der Waals surface area contributed by atoms with Crippen molar-refractivity contribution >= 4 is 76.6 Å². The summed E-state index contributed by atoms with van der Waals surface area (Å²) in [7, 11) is 8.62. The number of aryl methyl sites for hydroxylation is 1. The van der Waals surface area contributed by atoms with Crippen LogP contribution in [0.15, 0.2) is 18.2 Å². The molecule has 0 aromatic heterocycles. The molecule has 1 spiro atoms. The summed E-state index contributed by atoms with van der Waals surface area (Å²) in [6.45, 7) is 10.8. The van der Waals surface area contributed by atoms with Gasteiger partial charge in [-0.3, -0.25) is 52.7 Å². The summed E-state index contributed by atoms with van der Waals surface area (Å²) in [4.78, 5) is 170. The number of halogens is 4. The van der Waals surface area contributed by atoms with Crippen LogP contribution in [0.25, 0.3) is 0 Å². The molecular formula is C64H99ClF3N11O11. The van der Waals surface area contributed by atoms with E-state index in [1.165, 1.54) is 72.9 Å². The molecule has 0 radical (unpaired) electrons. The Morgan fingerprint density at radius 3 is 1.89 bits per heavy atom. The number of hydrogen-bond acceptors (Lipinski definition) is 11. The standard InChI is InChI=1S/C64H99ClF3N11O11/c1-14-31-78-42(7)56(84)70-54(40(5)15-2)60(88)74(10)37-52(82)72(8)38-53(83)76(12)49(35-43-22-17-16-18-23-43)59(87)73(9)36-50(80)69-47(28-26-44-25-27-45(46(65)34-44)64(66,67)68)58(86)79-32-21-24-48(79)57(85)71-63(29-19-20-30-63)62(90)77(13)55(39(3)4)61(89)75(11)41(6)33-51(78)81/h25,27,34,39-43,47-49,54-55H,14-24,26,28-33,35-38H2,1-13H3,(H,69,80)(H,70,84)(H,71,85)/t40-,41+,42-,47-,48-,49-,54-,55-/m0/s1. The molecule has 26 heteroatoms. The van der Waals surface area contributed by atoms with Crippen molar-refractivity contribution in [1.82, 2.24) is 55.1 Å². The van der Waals surface area contributed by atoms with E-state index in [1.54, 1.807) is 34.6 Å². The van der Waals surface area contributed by atoms with Gasteiger partial charge >= 0.3 is 6.18 Å². The summed E-state index contributed by atoms with van der Waals surface area (Å²) in [6, 6.07) is -4.52. The Morgan fingerprint density at radius 1 is 0.678 bits per heavy atom. The molecule has 2 saturated heterocycles. The van der Waals surface area contributed by atoms with E-state index in [0.717, 1.165) is 58.9 Å². The number of benzene rings is 1. The van der Waals surface area contributed by atoms with Crippen molar-refractivity contribution in [2.75, 3.05) is 75.0 Å². The highest BCUT2D eigenvalue weighted by molar-refractivity contribution is 6.31. The average molecular weight is 1290 g/mol. The molecule has 0 bridgehead atoms. The van der Waals surface area contributed by atoms with Crippen molar-refractivity contribution in [1.29, 1.82) is 0 Å². The van der Waals surface area contributed by atoms with E-state index in [9.17, 15) is 56.3 Å². The van der Waals surface area contributed by atoms with Gasteiger partial charge in [-0.05, 0) is 101 Å². The van der Waals surface area contributed by atoms with E-state index in [-0.39, 0.29) is 64.0 Å². The van der Waals surface area contributed by atoms with E-state index in [4.69, 9.17) is 11.6 Å². The normalized spacial score (nSPS) is 26.4. The number of likely N-dealkylation sites (N-methyl/N-ethyl adjacent to an activating group) is 6. The zero-order valence-electron chi connectivity index (χ0n) is 55.1. The van der Waals surface area contributed by atoms with Gasteiger partial charge in [0.2, 0.25) is 65.0 Å². The monoisotopic (exact) mass is 1290 g/mol. The Morgan fingerprint density at radius 2 is 1.30 bits per heavy atom. The van der Waals surface area contributed by atoms with Crippen LogP contribution in [0, 0.1) is 17.8 Å². The number of fused-ring (bicyclic) bond motifs is 1. The lowest BCUT2D eigenvalue weighted by Crippen LogP contribution is -2.64. The molecular weight excluding hydrogens is 1190 g/mol. The minimum absolute atomic E-state index is 0.0351. The van der Waals surface area contributed by atoms with Gasteiger partial charge in [-0.15, -0.1) is 0 Å². The van der Waals surface area contributed by atoms with Gasteiger partial charge in [-0.25, -0.2) is 0 Å². The number of carbonyl (C=O) groups excluding carboxylic acids is 11. The molecule has 11 amide bonds. The molecule has 4 fully saturated rings. The van der Waals surface area contributed by atoms with Crippen LogP contribution in [-0.2, 0) is 65.3 Å². The van der Waals surface area contributed by atoms with E-state index >= 15 is 9.59 Å². The topological polar surface area (TPSA) is 250 Å². The van der Waals surface area contributed by atoms with Gasteiger partial charge in [0.25, 0.3) is 0 Å². The lowest BCUT2D eigenvalue weighted by molar-refractivity contribution is -0.152. The number of nitrogens with zero attached hydrogens (tertiary/aromatic N) is 8. The molecule has 5 rings (SSSR count). The summed E-state index contributed by atoms with van der Waals surface area (Å²) in [5.41, 5.74) is -2.24. The summed E-state index contributed by atoms with van der Waals surface area (Å²) in [5, 5.41) is 8.05. The molecule has 8 atom stereocenters. The summed E-state index contributed by atoms with van der Waals surface area (Å²) >= 11 is 6.11. The van der Waals surface area contributed by atoms with Crippen molar-refractivity contribution in [3.05, 3.63) is 34.3 Å². The maximum absolute atomic E-state index is 15.1. The fraction of sp³-hybridized carbons (Fsp3) is 0.734. The molecule has 3 N–H and O–H groups in total. The highest BCUT2D eigenvalue weighted by atomic mass is 35.5. The number of hydrogen-bond donors (Lipinski definition) is 3. The Hall–Kier alpha value is -6.53. The smallest absolute Gasteiger partial charge is 0.343 e. The third-order valence-electron chi connectivity index (χ3n) is 19.0. The summed E-state index contributed by atoms with van der Waals surface area (Å²) in [5.74, 6) is -7.55. The molecule has 90 heavy (non-hydrogen) atoms. The van der Waals surface area contributed by atoms with Gasteiger partial charge < -0.3 is 55.1 Å². The maximum atomic E-state index is 15.1. The molecule has 1 aromatic carbocycles. The van der Waals surface area contributed by atoms with Crippen LogP contribution in [0.2, 0.25) is 5.02 Å². The minimum atomic E-state index is -4.74. The van der Waals surface area contributed by atoms with Crippen LogP contribution in [0.4, 0.5) is 13.2 Å². The fourth-order valence-corrected chi connectivity index (χ4v) is 13.4. The second-order valence-electron chi connectivity index (χ2n) is 26.1. The second-order valence-corrected chi connectivity index (χ2v) is 26.5. The minimum Gasteiger partial charge on any atom is -0.343 e. The SMILES string of the molecule is CCCN1C(=O)C[C@@H](C)N(C)C(=O)[C@H](C(C)C)N(C)C(=O)C2(CCCC2)NC(=O)[C@@H]2CCCN2C(=O)[C@H](CCc2ccc(C(F)(F)F)c(Cl)c2)NC(=O)CN(C)C(=O)[C@H](CC2CCCCC2)N(C)C(=O)CN(C)C(=O)CN(C)C(=O)[C@H]([C@@H](C)CC)NC(=O)[C@@H]1C. The van der Waals surface area contributed by atoms with Crippen molar-refractivity contribution in [3.8, 4) is 0 Å². The van der Waals surface area contributed by atoms with Gasteiger partial charge in [0.15, 0.2) is 0 Å². The maximum Gasteiger partial charge on any atom is 0.417 e. The van der Waals surface area contributed by atoms with Gasteiger partial charge in [-0.1, -0.05) is 104 Å². The van der Waals surface area contributed by atoms with Crippen LogP contribution in [0.1, 0.15) is 162 Å². The highest BCUT2D eigenvalue weighted by Gasteiger charge is 2.50. The van der Waals surface area contributed by atoms with E-state index in [1.807, 2.05) is 13.8 Å². The number of amides is 11. The Bertz CT molecular complexity index is 2760. The lowest BCUT2D eigenvalue weighted by Gasteiger charge is -2.41. The van der Waals surface area contributed by atoms with Gasteiger partial charge in [0.1, 0.15) is 41.8 Å². The van der Waals surface area contributed by atoms with Crippen LogP contribution in [-0.4, -0.2) is 227 Å². The van der Waals surface area contributed by atoms with Crippen molar-refractivity contribution in [2.24, 2.45) is 17.8 Å². The number of carbonyl (C=O) groups is 11. The Labute approximate surface area is 534 Å². The molecule has 1 aromatic rings. The van der Waals surface area contributed by atoms with Gasteiger partial charge in [0, 0.05) is 67.8 Å². The summed E-state index contributed by atoms with van der Waals surface area (Å²) < 4.78 is 41.3. The lowest BCUT2D eigenvalue weighted by atomic mass is 9.84. The zero-order chi connectivity index (χ0) is 67.3. The highest BCUT2D eigenvalue weighted by Crippen LogP contribution is 2.37. The Balaban J connectivity index is 1.55. The average Bonchev–Trinajstić information content (AvgIpc) is 2.37. The molecule has 2 heterocycles. The fourth-order valence-electron chi connectivity index (χ4n) is 13.0. The zero-order valence-corrected chi connectivity index (χ0v) is 55.9. The van der Waals surface area contributed by atoms with Crippen LogP contribution >= 0.6 is 11.6 Å². The Kier molecular flexibility index (Phi) is 26.9. The predicted molar refractivity (Wildman–Crippen MR) is 333 cm³/mol. The van der Waals surface area contributed by atoms with E-state index in [0.29, 0.717) is 37.7 Å². The molecule has 504 valence electrons. The van der Waals surface area contributed by atoms with Crippen LogP contribution in [0.3, 0.4) is 0 Å². The quantitative estimate of drug-likeness (QED) is 0.273. The molecule has 22 nitrogen and oxygen atoms in total. The number of alkyl halides is 3. The largest absolute Gasteiger partial charge is 0.417 e.